The van der Waals surface area contributed by atoms with E-state index in [0.717, 1.165) is 12.8 Å². The van der Waals surface area contributed by atoms with Gasteiger partial charge in [0.2, 0.25) is 0 Å². The summed E-state index contributed by atoms with van der Waals surface area (Å²) in [6.07, 6.45) is 25.7. The first kappa shape index (κ1) is 19.4. The van der Waals surface area contributed by atoms with E-state index in [4.69, 9.17) is 5.11 Å². The molecular weight excluding hydrogens is 244 g/mol. The van der Waals surface area contributed by atoms with Crippen molar-refractivity contribution in [3.63, 3.8) is 0 Å². The Bertz CT molecular complexity index is 218. The zero-order chi connectivity index (χ0) is 14.7. The Labute approximate surface area is 127 Å². The lowest BCUT2D eigenvalue weighted by atomic mass is 10.1. The number of hydrogen-bond acceptors (Lipinski definition) is 1. The molecule has 0 heterocycles. The molecule has 118 valence electrons. The second-order valence-corrected chi connectivity index (χ2v) is 5.66. The highest BCUT2D eigenvalue weighted by Gasteiger charge is 1.90. The maximum atomic E-state index is 8.67. The number of hydrogen-bond donors (Lipinski definition) is 1. The van der Waals surface area contributed by atoms with Crippen LogP contribution in [0.3, 0.4) is 0 Å². The van der Waals surface area contributed by atoms with E-state index in [9.17, 15) is 0 Å². The van der Waals surface area contributed by atoms with Crippen LogP contribution in [0.5, 0.6) is 0 Å². The zero-order valence-electron chi connectivity index (χ0n) is 13.7. The predicted octanol–water partition coefficient (Wildman–Crippen LogP) is 6.18. The summed E-state index contributed by atoms with van der Waals surface area (Å²) >= 11 is 0. The lowest BCUT2D eigenvalue weighted by Crippen LogP contribution is -1.83. The molecular formula is C19H36O. The molecule has 0 spiro atoms. The van der Waals surface area contributed by atoms with Crippen LogP contribution in [0.25, 0.3) is 0 Å². The minimum atomic E-state index is 0.359. The summed E-state index contributed by atoms with van der Waals surface area (Å²) in [7, 11) is 0. The van der Waals surface area contributed by atoms with Crippen LogP contribution >= 0.6 is 0 Å². The molecule has 0 saturated heterocycles. The lowest BCUT2D eigenvalue weighted by molar-refractivity contribution is 0.282. The Morgan fingerprint density at radius 1 is 0.600 bits per heavy atom. The second-order valence-electron chi connectivity index (χ2n) is 5.66. The second kappa shape index (κ2) is 18.4. The van der Waals surface area contributed by atoms with E-state index in [1.165, 1.54) is 70.6 Å². The van der Waals surface area contributed by atoms with Gasteiger partial charge in [0.05, 0.1) is 0 Å². The molecule has 0 saturated carbocycles. The van der Waals surface area contributed by atoms with E-state index >= 15 is 0 Å². The fraction of sp³-hybridized carbons (Fsp3) is 0.789. The smallest absolute Gasteiger partial charge is 0.0431 e. The first-order valence-electron chi connectivity index (χ1n) is 8.82. The lowest BCUT2D eigenvalue weighted by Gasteiger charge is -1.99. The van der Waals surface area contributed by atoms with Crippen LogP contribution < -0.4 is 0 Å². The quantitative estimate of drug-likeness (QED) is 0.280. The minimum absolute atomic E-state index is 0.359. The van der Waals surface area contributed by atoms with E-state index in [0.29, 0.717) is 6.61 Å². The van der Waals surface area contributed by atoms with Crippen molar-refractivity contribution >= 4 is 0 Å². The summed E-state index contributed by atoms with van der Waals surface area (Å²) in [5.74, 6) is 0. The Morgan fingerprint density at radius 2 is 1.10 bits per heavy atom. The number of unbranched alkanes of at least 4 members (excludes halogenated alkanes) is 10. The molecule has 0 amide bonds. The first-order chi connectivity index (χ1) is 9.91. The van der Waals surface area contributed by atoms with Crippen molar-refractivity contribution in [1.82, 2.24) is 0 Å². The molecule has 1 nitrogen and oxygen atoms in total. The van der Waals surface area contributed by atoms with E-state index in [1.54, 1.807) is 0 Å². The molecule has 20 heavy (non-hydrogen) atoms. The summed E-state index contributed by atoms with van der Waals surface area (Å²) in [5, 5.41) is 8.67. The van der Waals surface area contributed by atoms with Gasteiger partial charge in [0.1, 0.15) is 0 Å². The van der Waals surface area contributed by atoms with Crippen molar-refractivity contribution < 1.29 is 5.11 Å². The van der Waals surface area contributed by atoms with Gasteiger partial charge in [0, 0.05) is 6.61 Å². The fourth-order valence-electron chi connectivity index (χ4n) is 2.28. The van der Waals surface area contributed by atoms with E-state index in [2.05, 4.69) is 31.2 Å². The minimum Gasteiger partial charge on any atom is -0.396 e. The van der Waals surface area contributed by atoms with Crippen molar-refractivity contribution in [2.75, 3.05) is 6.61 Å². The summed E-state index contributed by atoms with van der Waals surface area (Å²) in [6.45, 7) is 2.61. The summed E-state index contributed by atoms with van der Waals surface area (Å²) in [5.41, 5.74) is 0. The van der Waals surface area contributed by atoms with Gasteiger partial charge >= 0.3 is 0 Å². The van der Waals surface area contributed by atoms with E-state index < -0.39 is 0 Å². The van der Waals surface area contributed by atoms with Gasteiger partial charge in [0.15, 0.2) is 0 Å². The van der Waals surface area contributed by atoms with Crippen molar-refractivity contribution in [3.05, 3.63) is 24.3 Å². The Morgan fingerprint density at radius 3 is 1.65 bits per heavy atom. The molecule has 0 radical (unpaired) electrons. The van der Waals surface area contributed by atoms with Crippen LogP contribution in [0.1, 0.15) is 90.4 Å². The summed E-state index contributed by atoms with van der Waals surface area (Å²) in [4.78, 5) is 0. The molecule has 0 aromatic heterocycles. The average Bonchev–Trinajstić information content (AvgIpc) is 2.47. The predicted molar refractivity (Wildman–Crippen MR) is 91.1 cm³/mol. The molecule has 1 N–H and O–H groups in total. The maximum absolute atomic E-state index is 8.67. The van der Waals surface area contributed by atoms with Crippen molar-refractivity contribution in [2.45, 2.75) is 90.4 Å². The Hall–Kier alpha value is -0.560. The molecule has 0 aliphatic rings. The highest BCUT2D eigenvalue weighted by atomic mass is 16.2. The molecule has 0 atom stereocenters. The van der Waals surface area contributed by atoms with Gasteiger partial charge in [-0.05, 0) is 38.5 Å². The number of aliphatic hydroxyl groups is 1. The monoisotopic (exact) mass is 280 g/mol. The van der Waals surface area contributed by atoms with Gasteiger partial charge in [-0.15, -0.1) is 0 Å². The average molecular weight is 280 g/mol. The van der Waals surface area contributed by atoms with Gasteiger partial charge in [-0.25, -0.2) is 0 Å². The Balaban J connectivity index is 3.12. The summed E-state index contributed by atoms with van der Waals surface area (Å²) in [6, 6.07) is 0. The highest BCUT2D eigenvalue weighted by Crippen LogP contribution is 2.09. The molecule has 0 rings (SSSR count). The van der Waals surface area contributed by atoms with Gasteiger partial charge in [-0.3, -0.25) is 0 Å². The van der Waals surface area contributed by atoms with Crippen molar-refractivity contribution in [2.24, 2.45) is 0 Å². The molecule has 0 aromatic rings. The molecule has 0 fully saturated rings. The topological polar surface area (TPSA) is 20.2 Å². The first-order valence-corrected chi connectivity index (χ1v) is 8.82. The van der Waals surface area contributed by atoms with Crippen LogP contribution in [-0.2, 0) is 0 Å². The standard InChI is InChI=1S/C19H36O/c1-2-3-4-5-6-7-8-9-10-11-12-13-14-15-16-17-18-19-20/h6-7,9-10,20H,2-5,8,11-19H2,1H3. The third-order valence-corrected chi connectivity index (χ3v) is 3.61. The van der Waals surface area contributed by atoms with Gasteiger partial charge < -0.3 is 5.11 Å². The molecule has 0 unspecified atom stereocenters. The zero-order valence-corrected chi connectivity index (χ0v) is 13.7. The third kappa shape index (κ3) is 17.4. The van der Waals surface area contributed by atoms with Crippen LogP contribution in [0.4, 0.5) is 0 Å². The molecule has 0 aromatic carbocycles. The Kier molecular flexibility index (Phi) is 17.9. The molecule has 1 heteroatoms. The number of allylic oxidation sites excluding steroid dienone is 4. The van der Waals surface area contributed by atoms with Crippen LogP contribution in [0, 0.1) is 0 Å². The summed E-state index contributed by atoms with van der Waals surface area (Å²) < 4.78 is 0. The number of rotatable bonds is 15. The van der Waals surface area contributed by atoms with Gasteiger partial charge in [-0.2, -0.15) is 0 Å². The van der Waals surface area contributed by atoms with E-state index in [-0.39, 0.29) is 0 Å². The van der Waals surface area contributed by atoms with Crippen molar-refractivity contribution in [1.29, 1.82) is 0 Å². The molecule has 0 bridgehead atoms. The largest absolute Gasteiger partial charge is 0.396 e. The van der Waals surface area contributed by atoms with Crippen molar-refractivity contribution in [3.8, 4) is 0 Å². The molecule has 0 aliphatic heterocycles. The van der Waals surface area contributed by atoms with Crippen LogP contribution in [-0.4, -0.2) is 11.7 Å². The van der Waals surface area contributed by atoms with E-state index in [1.807, 2.05) is 0 Å². The fourth-order valence-corrected chi connectivity index (χ4v) is 2.28. The number of aliphatic hydroxyl groups excluding tert-OH is 1. The highest BCUT2D eigenvalue weighted by molar-refractivity contribution is 4.92. The maximum Gasteiger partial charge on any atom is 0.0431 e. The van der Waals surface area contributed by atoms with Gasteiger partial charge in [-0.1, -0.05) is 76.2 Å². The van der Waals surface area contributed by atoms with Crippen LogP contribution in [0.2, 0.25) is 0 Å². The van der Waals surface area contributed by atoms with Crippen LogP contribution in [0.15, 0.2) is 24.3 Å². The normalized spacial score (nSPS) is 11.9. The molecule has 0 aliphatic carbocycles. The third-order valence-electron chi connectivity index (χ3n) is 3.61. The SMILES string of the molecule is CCCCCC=CCC=CCCCCCCCCCO. The van der Waals surface area contributed by atoms with Gasteiger partial charge in [0.25, 0.3) is 0 Å².